The minimum Gasteiger partial charge on any atom is -0.497 e. The lowest BCUT2D eigenvalue weighted by atomic mass is 9.96. The van der Waals surface area contributed by atoms with Gasteiger partial charge in [0, 0.05) is 18.8 Å². The van der Waals surface area contributed by atoms with Crippen molar-refractivity contribution < 1.29 is 14.3 Å². The summed E-state index contributed by atoms with van der Waals surface area (Å²) in [5.41, 5.74) is 1.86. The molecular formula is C24H31N3O3. The van der Waals surface area contributed by atoms with E-state index >= 15 is 0 Å². The third-order valence-corrected chi connectivity index (χ3v) is 6.29. The van der Waals surface area contributed by atoms with Crippen molar-refractivity contribution in [3.8, 4) is 5.75 Å². The van der Waals surface area contributed by atoms with Crippen molar-refractivity contribution in [2.45, 2.75) is 70.1 Å². The molecule has 1 N–H and O–H groups in total. The maximum atomic E-state index is 13.4. The number of fused-ring (bicyclic) bond motifs is 1. The molecule has 1 fully saturated rings. The van der Waals surface area contributed by atoms with E-state index in [1.807, 2.05) is 47.2 Å². The van der Waals surface area contributed by atoms with Crippen LogP contribution in [0.15, 0.2) is 42.6 Å². The normalized spacial score (nSPS) is 20.2. The number of benzene rings is 1. The van der Waals surface area contributed by atoms with Crippen LogP contribution in [0, 0.1) is 0 Å². The molecule has 0 spiro atoms. The van der Waals surface area contributed by atoms with Crippen molar-refractivity contribution in [1.82, 2.24) is 14.8 Å². The minimum absolute atomic E-state index is 0.0349. The second-order valence-electron chi connectivity index (χ2n) is 8.38. The number of nitrogens with zero attached hydrogens (tertiary/aromatic N) is 2. The predicted molar refractivity (Wildman–Crippen MR) is 115 cm³/mol. The summed E-state index contributed by atoms with van der Waals surface area (Å²) in [7, 11) is 1.63. The molecule has 30 heavy (non-hydrogen) atoms. The van der Waals surface area contributed by atoms with Crippen LogP contribution in [0.3, 0.4) is 0 Å². The number of amides is 2. The van der Waals surface area contributed by atoms with Gasteiger partial charge in [-0.3, -0.25) is 9.59 Å². The van der Waals surface area contributed by atoms with Crippen LogP contribution in [0.1, 0.15) is 62.2 Å². The summed E-state index contributed by atoms with van der Waals surface area (Å²) in [6, 6.07) is 11.1. The van der Waals surface area contributed by atoms with E-state index in [1.165, 1.54) is 19.3 Å². The fraction of sp³-hybridized carbons (Fsp3) is 0.500. The van der Waals surface area contributed by atoms with E-state index in [1.54, 1.807) is 12.0 Å². The summed E-state index contributed by atoms with van der Waals surface area (Å²) in [6.45, 7) is 0.669. The Hall–Kier alpha value is -2.76. The summed E-state index contributed by atoms with van der Waals surface area (Å²) in [6.07, 6.45) is 10.00. The average molecular weight is 410 g/mol. The lowest BCUT2D eigenvalue weighted by Gasteiger charge is -2.37. The second kappa shape index (κ2) is 9.37. The Balaban J connectivity index is 1.55. The van der Waals surface area contributed by atoms with Crippen LogP contribution < -0.4 is 10.1 Å². The number of hydrogen-bond acceptors (Lipinski definition) is 3. The predicted octanol–water partition coefficient (Wildman–Crippen LogP) is 3.81. The Morgan fingerprint density at radius 3 is 2.47 bits per heavy atom. The van der Waals surface area contributed by atoms with Gasteiger partial charge in [0.25, 0.3) is 0 Å². The summed E-state index contributed by atoms with van der Waals surface area (Å²) in [5, 5.41) is 3.28. The SMILES string of the molecule is COc1ccc(CN2C(=O)Cn3cccc3[C@@H]2C(=O)NC2CCCCCCC2)cc1. The van der Waals surface area contributed by atoms with Crippen LogP contribution in [-0.2, 0) is 22.7 Å². The number of carbonyl (C=O) groups is 2. The van der Waals surface area contributed by atoms with Gasteiger partial charge in [-0.1, -0.05) is 44.2 Å². The Morgan fingerprint density at radius 1 is 1.07 bits per heavy atom. The first-order valence-electron chi connectivity index (χ1n) is 11.0. The van der Waals surface area contributed by atoms with E-state index < -0.39 is 6.04 Å². The molecular weight excluding hydrogens is 378 g/mol. The van der Waals surface area contributed by atoms with Crippen molar-refractivity contribution in [1.29, 1.82) is 0 Å². The van der Waals surface area contributed by atoms with Crippen LogP contribution in [-0.4, -0.2) is 34.4 Å². The first-order chi connectivity index (χ1) is 14.7. The van der Waals surface area contributed by atoms with Gasteiger partial charge in [-0.25, -0.2) is 0 Å². The fourth-order valence-electron chi connectivity index (χ4n) is 4.62. The molecule has 1 aromatic heterocycles. The molecule has 0 radical (unpaired) electrons. The van der Waals surface area contributed by atoms with E-state index in [0.29, 0.717) is 6.54 Å². The topological polar surface area (TPSA) is 63.6 Å². The summed E-state index contributed by atoms with van der Waals surface area (Å²) >= 11 is 0. The molecule has 4 rings (SSSR count). The molecule has 2 amide bonds. The number of aromatic nitrogens is 1. The Morgan fingerprint density at radius 2 is 1.77 bits per heavy atom. The van der Waals surface area contributed by atoms with E-state index in [4.69, 9.17) is 4.74 Å². The van der Waals surface area contributed by atoms with Gasteiger partial charge in [0.2, 0.25) is 11.8 Å². The molecule has 2 heterocycles. The molecule has 0 bridgehead atoms. The van der Waals surface area contributed by atoms with Gasteiger partial charge in [-0.15, -0.1) is 0 Å². The van der Waals surface area contributed by atoms with E-state index in [-0.39, 0.29) is 24.4 Å². The van der Waals surface area contributed by atoms with Gasteiger partial charge in [-0.05, 0) is 42.7 Å². The van der Waals surface area contributed by atoms with Gasteiger partial charge in [0.1, 0.15) is 12.3 Å². The molecule has 6 heteroatoms. The van der Waals surface area contributed by atoms with Gasteiger partial charge >= 0.3 is 0 Å². The third-order valence-electron chi connectivity index (χ3n) is 6.29. The fourth-order valence-corrected chi connectivity index (χ4v) is 4.62. The Kier molecular flexibility index (Phi) is 6.41. The van der Waals surface area contributed by atoms with Crippen molar-refractivity contribution in [3.05, 3.63) is 53.9 Å². The molecule has 2 aromatic rings. The third kappa shape index (κ3) is 4.53. The summed E-state index contributed by atoms with van der Waals surface area (Å²) < 4.78 is 7.13. The van der Waals surface area contributed by atoms with Gasteiger partial charge < -0.3 is 19.5 Å². The highest BCUT2D eigenvalue weighted by Gasteiger charge is 2.38. The van der Waals surface area contributed by atoms with Crippen LogP contribution in [0.2, 0.25) is 0 Å². The number of hydrogen-bond donors (Lipinski definition) is 1. The van der Waals surface area contributed by atoms with Crippen LogP contribution in [0.5, 0.6) is 5.75 Å². The number of methoxy groups -OCH3 is 1. The number of ether oxygens (including phenoxy) is 1. The standard InChI is InChI=1S/C24H31N3O3/c1-30-20-13-11-18(12-14-20)16-27-22(28)17-26-15-7-10-21(26)23(27)24(29)25-19-8-5-3-2-4-6-9-19/h7,10-15,19,23H,2-6,8-9,16-17H2,1H3,(H,25,29)/t23-/m1/s1. The smallest absolute Gasteiger partial charge is 0.249 e. The molecule has 1 aliphatic carbocycles. The quantitative estimate of drug-likeness (QED) is 0.817. The number of rotatable bonds is 5. The van der Waals surface area contributed by atoms with E-state index in [2.05, 4.69) is 5.32 Å². The molecule has 2 aliphatic rings. The molecule has 0 unspecified atom stereocenters. The molecule has 160 valence electrons. The zero-order valence-corrected chi connectivity index (χ0v) is 17.7. The van der Waals surface area contributed by atoms with Crippen molar-refractivity contribution in [2.75, 3.05) is 7.11 Å². The van der Waals surface area contributed by atoms with Crippen LogP contribution in [0.25, 0.3) is 0 Å². The van der Waals surface area contributed by atoms with Crippen LogP contribution >= 0.6 is 0 Å². The average Bonchev–Trinajstić information content (AvgIpc) is 3.18. The van der Waals surface area contributed by atoms with E-state index in [9.17, 15) is 9.59 Å². The lowest BCUT2D eigenvalue weighted by molar-refractivity contribution is -0.144. The molecule has 1 saturated carbocycles. The molecule has 1 aromatic carbocycles. The van der Waals surface area contributed by atoms with Crippen molar-refractivity contribution >= 4 is 11.8 Å². The zero-order valence-electron chi connectivity index (χ0n) is 17.7. The number of nitrogens with one attached hydrogen (secondary N) is 1. The molecule has 6 nitrogen and oxygen atoms in total. The van der Waals surface area contributed by atoms with Gasteiger partial charge in [-0.2, -0.15) is 0 Å². The molecule has 1 atom stereocenters. The van der Waals surface area contributed by atoms with E-state index in [0.717, 1.165) is 42.7 Å². The highest BCUT2D eigenvalue weighted by atomic mass is 16.5. The van der Waals surface area contributed by atoms with Crippen LogP contribution in [0.4, 0.5) is 0 Å². The highest BCUT2D eigenvalue weighted by Crippen LogP contribution is 2.30. The zero-order chi connectivity index (χ0) is 20.9. The lowest BCUT2D eigenvalue weighted by Crippen LogP contribution is -2.50. The van der Waals surface area contributed by atoms with Gasteiger partial charge in [0.15, 0.2) is 6.04 Å². The minimum atomic E-state index is -0.603. The maximum Gasteiger partial charge on any atom is 0.249 e. The van der Waals surface area contributed by atoms with Crippen molar-refractivity contribution in [3.63, 3.8) is 0 Å². The molecule has 1 aliphatic heterocycles. The van der Waals surface area contributed by atoms with Crippen molar-refractivity contribution in [2.24, 2.45) is 0 Å². The Labute approximate surface area is 178 Å². The Bertz CT molecular complexity index is 866. The first-order valence-corrected chi connectivity index (χ1v) is 11.0. The maximum absolute atomic E-state index is 13.4. The largest absolute Gasteiger partial charge is 0.497 e. The summed E-state index contributed by atoms with van der Waals surface area (Å²) in [4.78, 5) is 28.1. The number of carbonyl (C=O) groups excluding carboxylic acids is 2. The second-order valence-corrected chi connectivity index (χ2v) is 8.38. The molecule has 0 saturated heterocycles. The monoisotopic (exact) mass is 409 g/mol. The summed E-state index contributed by atoms with van der Waals surface area (Å²) in [5.74, 6) is 0.672. The highest BCUT2D eigenvalue weighted by molar-refractivity contribution is 5.90. The first kappa shape index (κ1) is 20.5. The van der Waals surface area contributed by atoms with Gasteiger partial charge in [0.05, 0.1) is 12.8 Å².